The monoisotopic (exact) mass is 327 g/mol. The normalized spacial score (nSPS) is 18.2. The van der Waals surface area contributed by atoms with Crippen molar-refractivity contribution >= 4 is 15.9 Å². The minimum atomic E-state index is -0.275. The van der Waals surface area contributed by atoms with E-state index in [2.05, 4.69) is 22.0 Å². The van der Waals surface area contributed by atoms with E-state index < -0.39 is 0 Å². The van der Waals surface area contributed by atoms with Gasteiger partial charge in [0.15, 0.2) is 0 Å². The number of hydrogen-bond acceptors (Lipinski definition) is 3. The first-order valence-electron chi connectivity index (χ1n) is 6.74. The molecule has 0 spiro atoms. The first-order chi connectivity index (χ1) is 9.03. The Balaban J connectivity index is 2.56. The second-order valence-electron chi connectivity index (χ2n) is 5.31. The number of rotatable bonds is 3. The van der Waals surface area contributed by atoms with Crippen molar-refractivity contribution in [2.24, 2.45) is 5.73 Å². The summed E-state index contributed by atoms with van der Waals surface area (Å²) >= 11 is 3.58. The Kier molecular flexibility index (Phi) is 4.41. The van der Waals surface area contributed by atoms with Gasteiger partial charge in [-0.15, -0.1) is 0 Å². The van der Waals surface area contributed by atoms with Gasteiger partial charge in [0.25, 0.3) is 0 Å². The van der Waals surface area contributed by atoms with E-state index in [9.17, 15) is 0 Å². The standard InChI is InChI=1S/C15H22BrNO2/c1-10-13(18-2)11(9-12(16)14(10)19-3)15(17)7-5-4-6-8-15/h9H,4-8,17H2,1-3H3. The van der Waals surface area contributed by atoms with E-state index in [1.54, 1.807) is 14.2 Å². The lowest BCUT2D eigenvalue weighted by Gasteiger charge is -2.35. The largest absolute Gasteiger partial charge is 0.496 e. The molecule has 4 heteroatoms. The Morgan fingerprint density at radius 2 is 1.68 bits per heavy atom. The maximum absolute atomic E-state index is 6.64. The quantitative estimate of drug-likeness (QED) is 0.915. The van der Waals surface area contributed by atoms with Crippen LogP contribution in [0.3, 0.4) is 0 Å². The van der Waals surface area contributed by atoms with Gasteiger partial charge in [0, 0.05) is 16.7 Å². The number of hydrogen-bond donors (Lipinski definition) is 1. The lowest BCUT2D eigenvalue weighted by Crippen LogP contribution is -2.39. The van der Waals surface area contributed by atoms with Crippen molar-refractivity contribution in [3.05, 3.63) is 21.7 Å². The summed E-state index contributed by atoms with van der Waals surface area (Å²) in [6.45, 7) is 2.01. The number of ether oxygens (including phenoxy) is 2. The van der Waals surface area contributed by atoms with Crippen LogP contribution in [-0.2, 0) is 5.54 Å². The zero-order chi connectivity index (χ0) is 14.0. The average Bonchev–Trinajstić information content (AvgIpc) is 2.39. The van der Waals surface area contributed by atoms with Crippen LogP contribution in [0.1, 0.15) is 43.2 Å². The molecule has 0 aromatic heterocycles. The predicted octanol–water partition coefficient (Wildman–Crippen LogP) is 3.89. The van der Waals surface area contributed by atoms with Crippen LogP contribution in [0.4, 0.5) is 0 Å². The number of benzene rings is 1. The van der Waals surface area contributed by atoms with Crippen LogP contribution < -0.4 is 15.2 Å². The van der Waals surface area contributed by atoms with Crippen molar-refractivity contribution in [2.75, 3.05) is 14.2 Å². The van der Waals surface area contributed by atoms with Gasteiger partial charge in [-0.2, -0.15) is 0 Å². The van der Waals surface area contributed by atoms with E-state index in [1.165, 1.54) is 19.3 Å². The third-order valence-electron chi connectivity index (χ3n) is 4.10. The molecule has 1 aliphatic rings. The molecule has 0 unspecified atom stereocenters. The Hall–Kier alpha value is -0.740. The molecule has 1 saturated carbocycles. The molecule has 0 heterocycles. The first kappa shape index (κ1) is 14.7. The molecule has 0 radical (unpaired) electrons. The zero-order valence-corrected chi connectivity index (χ0v) is 13.5. The van der Waals surface area contributed by atoms with Gasteiger partial charge in [0.1, 0.15) is 11.5 Å². The first-order valence-corrected chi connectivity index (χ1v) is 7.53. The van der Waals surface area contributed by atoms with E-state index >= 15 is 0 Å². The maximum atomic E-state index is 6.64. The molecule has 1 aromatic carbocycles. The summed E-state index contributed by atoms with van der Waals surface area (Å²) in [4.78, 5) is 0. The third-order valence-corrected chi connectivity index (χ3v) is 4.69. The SMILES string of the molecule is COc1c(Br)cc(C2(N)CCCCC2)c(OC)c1C. The molecule has 0 aliphatic heterocycles. The van der Waals surface area contributed by atoms with Gasteiger partial charge in [0.2, 0.25) is 0 Å². The molecule has 1 fully saturated rings. The lowest BCUT2D eigenvalue weighted by atomic mass is 9.76. The molecule has 3 nitrogen and oxygen atoms in total. The van der Waals surface area contributed by atoms with Gasteiger partial charge in [0.05, 0.1) is 18.7 Å². The van der Waals surface area contributed by atoms with E-state index in [-0.39, 0.29) is 5.54 Å². The smallest absolute Gasteiger partial charge is 0.139 e. The number of methoxy groups -OCH3 is 2. The Morgan fingerprint density at radius 3 is 2.21 bits per heavy atom. The summed E-state index contributed by atoms with van der Waals surface area (Å²) in [6, 6.07) is 2.07. The zero-order valence-electron chi connectivity index (χ0n) is 11.9. The molecular formula is C15H22BrNO2. The van der Waals surface area contributed by atoms with Gasteiger partial charge >= 0.3 is 0 Å². The van der Waals surface area contributed by atoms with Gasteiger partial charge in [-0.3, -0.25) is 0 Å². The summed E-state index contributed by atoms with van der Waals surface area (Å²) in [6.07, 6.45) is 5.67. The van der Waals surface area contributed by atoms with Crippen LogP contribution in [0.5, 0.6) is 11.5 Å². The summed E-state index contributed by atoms with van der Waals surface area (Å²) in [5.41, 5.74) is 8.47. The summed E-state index contributed by atoms with van der Waals surface area (Å²) in [5.74, 6) is 1.68. The second kappa shape index (κ2) is 5.71. The number of halogens is 1. The highest BCUT2D eigenvalue weighted by atomic mass is 79.9. The van der Waals surface area contributed by atoms with E-state index in [0.717, 1.165) is 39.9 Å². The molecule has 106 valence electrons. The fourth-order valence-electron chi connectivity index (χ4n) is 3.08. The number of nitrogens with two attached hydrogens (primary N) is 1. The fraction of sp³-hybridized carbons (Fsp3) is 0.600. The Labute approximate surface area is 123 Å². The summed E-state index contributed by atoms with van der Waals surface area (Å²) in [5, 5.41) is 0. The molecular weight excluding hydrogens is 306 g/mol. The van der Waals surface area contributed by atoms with Crippen molar-refractivity contribution in [3.8, 4) is 11.5 Å². The third kappa shape index (κ3) is 2.61. The van der Waals surface area contributed by atoms with Crippen LogP contribution in [0.25, 0.3) is 0 Å². The van der Waals surface area contributed by atoms with Gasteiger partial charge in [-0.05, 0) is 41.8 Å². The Bertz CT molecular complexity index is 468. The van der Waals surface area contributed by atoms with E-state index in [4.69, 9.17) is 15.2 Å². The molecule has 19 heavy (non-hydrogen) atoms. The van der Waals surface area contributed by atoms with Crippen molar-refractivity contribution < 1.29 is 9.47 Å². The highest BCUT2D eigenvalue weighted by Gasteiger charge is 2.34. The molecule has 2 N–H and O–H groups in total. The predicted molar refractivity (Wildman–Crippen MR) is 80.9 cm³/mol. The highest BCUT2D eigenvalue weighted by Crippen LogP contribution is 2.45. The topological polar surface area (TPSA) is 44.5 Å². The van der Waals surface area contributed by atoms with Crippen molar-refractivity contribution in [2.45, 2.75) is 44.6 Å². The van der Waals surface area contributed by atoms with Crippen LogP contribution >= 0.6 is 15.9 Å². The molecule has 0 bridgehead atoms. The molecule has 2 rings (SSSR count). The summed E-state index contributed by atoms with van der Waals surface area (Å²) < 4.78 is 12.0. The lowest BCUT2D eigenvalue weighted by molar-refractivity contribution is 0.287. The second-order valence-corrected chi connectivity index (χ2v) is 6.17. The highest BCUT2D eigenvalue weighted by molar-refractivity contribution is 9.10. The van der Waals surface area contributed by atoms with Crippen molar-refractivity contribution in [1.82, 2.24) is 0 Å². The van der Waals surface area contributed by atoms with Crippen LogP contribution in [0.2, 0.25) is 0 Å². The fourth-order valence-corrected chi connectivity index (χ4v) is 3.77. The molecule has 1 aromatic rings. The average molecular weight is 328 g/mol. The van der Waals surface area contributed by atoms with Gasteiger partial charge in [-0.25, -0.2) is 0 Å². The minimum Gasteiger partial charge on any atom is -0.496 e. The molecule has 0 amide bonds. The molecule has 0 atom stereocenters. The van der Waals surface area contributed by atoms with Crippen LogP contribution in [-0.4, -0.2) is 14.2 Å². The van der Waals surface area contributed by atoms with Crippen LogP contribution in [0.15, 0.2) is 10.5 Å². The van der Waals surface area contributed by atoms with Crippen molar-refractivity contribution in [3.63, 3.8) is 0 Å². The minimum absolute atomic E-state index is 0.275. The summed E-state index contributed by atoms with van der Waals surface area (Å²) in [7, 11) is 3.37. The Morgan fingerprint density at radius 1 is 1.11 bits per heavy atom. The van der Waals surface area contributed by atoms with Crippen LogP contribution in [0, 0.1) is 6.92 Å². The molecule has 1 aliphatic carbocycles. The maximum Gasteiger partial charge on any atom is 0.139 e. The van der Waals surface area contributed by atoms with E-state index in [0.29, 0.717) is 0 Å². The van der Waals surface area contributed by atoms with Gasteiger partial charge in [-0.1, -0.05) is 19.3 Å². The van der Waals surface area contributed by atoms with Gasteiger partial charge < -0.3 is 15.2 Å². The van der Waals surface area contributed by atoms with E-state index in [1.807, 2.05) is 6.92 Å². The van der Waals surface area contributed by atoms with Crippen molar-refractivity contribution in [1.29, 1.82) is 0 Å². The molecule has 0 saturated heterocycles.